The van der Waals surface area contributed by atoms with Crippen molar-refractivity contribution in [1.82, 2.24) is 9.62 Å². The zero-order chi connectivity index (χ0) is 16.7. The van der Waals surface area contributed by atoms with E-state index in [1.807, 2.05) is 13.8 Å². The first-order valence-electron chi connectivity index (χ1n) is 8.25. The molecule has 1 aromatic rings. The third-order valence-electron chi connectivity index (χ3n) is 5.47. The minimum absolute atomic E-state index is 0.0524. The predicted octanol–water partition coefficient (Wildman–Crippen LogP) is 2.76. The summed E-state index contributed by atoms with van der Waals surface area (Å²) in [7, 11) is -3.69. The average Bonchev–Trinajstić information content (AvgIpc) is 2.51. The maximum Gasteiger partial charge on any atom is 0.243 e. The van der Waals surface area contributed by atoms with Crippen molar-refractivity contribution in [2.75, 3.05) is 19.6 Å². The van der Waals surface area contributed by atoms with Gasteiger partial charge in [-0.2, -0.15) is 4.31 Å². The molecule has 0 atom stereocenters. The van der Waals surface area contributed by atoms with Gasteiger partial charge in [0.2, 0.25) is 10.0 Å². The van der Waals surface area contributed by atoms with Crippen LogP contribution >= 0.6 is 0 Å². The van der Waals surface area contributed by atoms with Gasteiger partial charge in [0, 0.05) is 12.1 Å². The number of nitrogens with zero attached hydrogens (tertiary/aromatic N) is 1. The minimum Gasteiger partial charge on any atom is -0.317 e. The molecule has 0 saturated carbocycles. The van der Waals surface area contributed by atoms with E-state index >= 15 is 0 Å². The van der Waals surface area contributed by atoms with Crippen molar-refractivity contribution in [3.8, 4) is 0 Å². The second-order valence-corrected chi connectivity index (χ2v) is 9.39. The van der Waals surface area contributed by atoms with Crippen molar-refractivity contribution in [2.24, 2.45) is 5.41 Å². The van der Waals surface area contributed by atoms with Crippen LogP contribution in [0.25, 0.3) is 0 Å². The number of hydrogen-bond acceptors (Lipinski definition) is 3. The number of rotatable bonds is 2. The van der Waals surface area contributed by atoms with Crippen molar-refractivity contribution >= 4 is 10.0 Å². The van der Waals surface area contributed by atoms with E-state index in [0.29, 0.717) is 6.54 Å². The molecule has 0 radical (unpaired) electrons. The normalized spacial score (nSPS) is 24.7. The van der Waals surface area contributed by atoms with E-state index in [0.717, 1.165) is 44.8 Å². The number of nitrogens with one attached hydrogen (secondary N) is 1. The zero-order valence-corrected chi connectivity index (χ0v) is 14.6. The van der Waals surface area contributed by atoms with E-state index in [1.54, 1.807) is 4.31 Å². The monoisotopic (exact) mass is 340 g/mol. The first-order chi connectivity index (χ1) is 10.8. The van der Waals surface area contributed by atoms with Crippen molar-refractivity contribution in [3.63, 3.8) is 0 Å². The Kier molecular flexibility index (Phi) is 4.27. The first kappa shape index (κ1) is 16.9. The topological polar surface area (TPSA) is 49.4 Å². The Hall–Kier alpha value is -0.980. The molecule has 1 spiro atoms. The quantitative estimate of drug-likeness (QED) is 0.901. The molecule has 0 unspecified atom stereocenters. The number of benzene rings is 1. The van der Waals surface area contributed by atoms with Gasteiger partial charge < -0.3 is 5.32 Å². The van der Waals surface area contributed by atoms with Crippen molar-refractivity contribution in [3.05, 3.63) is 30.1 Å². The molecule has 2 saturated heterocycles. The molecule has 0 aliphatic carbocycles. The highest BCUT2D eigenvalue weighted by Crippen LogP contribution is 2.45. The number of piperidine rings is 2. The molecule has 0 amide bonds. The smallest absolute Gasteiger partial charge is 0.243 e. The fourth-order valence-electron chi connectivity index (χ4n) is 3.82. The lowest BCUT2D eigenvalue weighted by molar-refractivity contribution is 0.0348. The molecular formula is C17H25FN2O2S. The molecule has 2 aliphatic rings. The molecule has 128 valence electrons. The molecular weight excluding hydrogens is 315 g/mol. The van der Waals surface area contributed by atoms with Crippen molar-refractivity contribution in [2.45, 2.75) is 50.0 Å². The van der Waals surface area contributed by atoms with Crippen LogP contribution in [0, 0.1) is 11.2 Å². The Morgan fingerprint density at radius 3 is 2.48 bits per heavy atom. The highest BCUT2D eigenvalue weighted by Gasteiger charge is 2.48. The van der Waals surface area contributed by atoms with Gasteiger partial charge in [-0.05, 0) is 76.2 Å². The summed E-state index contributed by atoms with van der Waals surface area (Å²) in [4.78, 5) is 0.0524. The molecule has 4 nitrogen and oxygen atoms in total. The predicted molar refractivity (Wildman–Crippen MR) is 88.1 cm³/mol. The second kappa shape index (κ2) is 5.83. The standard InChI is InChI=1S/C17H25FN2O2S/c1-16(2)6-7-17(8-10-19-11-9-17)13-20(16)23(21,22)15-5-3-4-14(18)12-15/h3-5,12,19H,6-11,13H2,1-2H3. The molecule has 6 heteroatoms. The van der Waals surface area contributed by atoms with Gasteiger partial charge in [0.15, 0.2) is 0 Å². The van der Waals surface area contributed by atoms with E-state index in [1.165, 1.54) is 18.2 Å². The summed E-state index contributed by atoms with van der Waals surface area (Å²) in [5.74, 6) is -0.516. The lowest BCUT2D eigenvalue weighted by atomic mass is 9.70. The van der Waals surface area contributed by atoms with Crippen LogP contribution in [0.5, 0.6) is 0 Å². The van der Waals surface area contributed by atoms with Crippen LogP contribution in [0.4, 0.5) is 4.39 Å². The van der Waals surface area contributed by atoms with Gasteiger partial charge in [-0.25, -0.2) is 12.8 Å². The summed E-state index contributed by atoms with van der Waals surface area (Å²) in [6.45, 7) is 6.35. The zero-order valence-electron chi connectivity index (χ0n) is 13.8. The second-order valence-electron chi connectivity index (χ2n) is 7.53. The summed E-state index contributed by atoms with van der Waals surface area (Å²) in [6, 6.07) is 5.33. The molecule has 1 aromatic carbocycles. The third kappa shape index (κ3) is 3.16. The number of halogens is 1. The van der Waals surface area contributed by atoms with Gasteiger partial charge in [-0.3, -0.25) is 0 Å². The molecule has 2 heterocycles. The van der Waals surface area contributed by atoms with Gasteiger partial charge in [0.05, 0.1) is 4.90 Å². The maximum absolute atomic E-state index is 13.5. The summed E-state index contributed by atoms with van der Waals surface area (Å²) in [6.07, 6.45) is 3.88. The largest absolute Gasteiger partial charge is 0.317 e. The van der Waals surface area contributed by atoms with Gasteiger partial charge in [0.25, 0.3) is 0 Å². The Morgan fingerprint density at radius 2 is 1.83 bits per heavy atom. The number of hydrogen-bond donors (Lipinski definition) is 1. The van der Waals surface area contributed by atoms with Crippen molar-refractivity contribution < 1.29 is 12.8 Å². The van der Waals surface area contributed by atoms with Crippen LogP contribution in [-0.2, 0) is 10.0 Å². The molecule has 1 N–H and O–H groups in total. The number of sulfonamides is 1. The highest BCUT2D eigenvalue weighted by molar-refractivity contribution is 7.89. The lowest BCUT2D eigenvalue weighted by Crippen LogP contribution is -2.58. The van der Waals surface area contributed by atoms with E-state index < -0.39 is 21.4 Å². The van der Waals surface area contributed by atoms with E-state index in [4.69, 9.17) is 0 Å². The van der Waals surface area contributed by atoms with Crippen LogP contribution in [0.1, 0.15) is 39.5 Å². The van der Waals surface area contributed by atoms with E-state index in [-0.39, 0.29) is 10.3 Å². The fourth-order valence-corrected chi connectivity index (χ4v) is 5.78. The molecule has 0 aromatic heterocycles. The van der Waals surface area contributed by atoms with Gasteiger partial charge in [-0.15, -0.1) is 0 Å². The highest BCUT2D eigenvalue weighted by atomic mass is 32.2. The lowest BCUT2D eigenvalue weighted by Gasteiger charge is -2.51. The molecule has 23 heavy (non-hydrogen) atoms. The van der Waals surface area contributed by atoms with Crippen LogP contribution in [0.15, 0.2) is 29.2 Å². The Bertz CT molecular complexity index is 682. The summed E-state index contributed by atoms with van der Waals surface area (Å²) in [5, 5.41) is 3.35. The summed E-state index contributed by atoms with van der Waals surface area (Å²) >= 11 is 0. The fraction of sp³-hybridized carbons (Fsp3) is 0.647. The van der Waals surface area contributed by atoms with Gasteiger partial charge in [-0.1, -0.05) is 6.07 Å². The third-order valence-corrected chi connectivity index (χ3v) is 7.52. The Morgan fingerprint density at radius 1 is 1.13 bits per heavy atom. The average molecular weight is 340 g/mol. The van der Waals surface area contributed by atoms with Gasteiger partial charge in [0.1, 0.15) is 5.82 Å². The van der Waals surface area contributed by atoms with Gasteiger partial charge >= 0.3 is 0 Å². The Labute approximate surface area is 138 Å². The minimum atomic E-state index is -3.69. The summed E-state index contributed by atoms with van der Waals surface area (Å²) < 4.78 is 41.4. The van der Waals surface area contributed by atoms with Crippen LogP contribution < -0.4 is 5.32 Å². The maximum atomic E-state index is 13.5. The molecule has 0 bridgehead atoms. The van der Waals surface area contributed by atoms with E-state index in [2.05, 4.69) is 5.32 Å². The first-order valence-corrected chi connectivity index (χ1v) is 9.69. The molecule has 3 rings (SSSR count). The molecule has 2 aliphatic heterocycles. The Balaban J connectivity index is 1.97. The van der Waals surface area contributed by atoms with Crippen LogP contribution in [-0.4, -0.2) is 37.9 Å². The van der Waals surface area contributed by atoms with Crippen LogP contribution in [0.2, 0.25) is 0 Å². The van der Waals surface area contributed by atoms with Crippen molar-refractivity contribution in [1.29, 1.82) is 0 Å². The molecule has 2 fully saturated rings. The van der Waals surface area contributed by atoms with Crippen LogP contribution in [0.3, 0.4) is 0 Å². The summed E-state index contributed by atoms with van der Waals surface area (Å²) in [5.41, 5.74) is -0.386. The SMILES string of the molecule is CC1(C)CCC2(CCNCC2)CN1S(=O)(=O)c1cccc(F)c1. The van der Waals surface area contributed by atoms with E-state index in [9.17, 15) is 12.8 Å².